The van der Waals surface area contributed by atoms with E-state index in [1.807, 2.05) is 0 Å². The molecule has 0 aliphatic carbocycles. The van der Waals surface area contributed by atoms with Crippen LogP contribution < -0.4 is 0 Å². The van der Waals surface area contributed by atoms with Gasteiger partial charge in [0, 0.05) is 13.0 Å². The van der Waals surface area contributed by atoms with Gasteiger partial charge in [-0.25, -0.2) is 0 Å². The van der Waals surface area contributed by atoms with Crippen LogP contribution >= 0.6 is 0 Å². The second kappa shape index (κ2) is 21.7. The maximum Gasteiger partial charge on any atom is 0.305 e. The van der Waals surface area contributed by atoms with Gasteiger partial charge in [0.25, 0.3) is 0 Å². The summed E-state index contributed by atoms with van der Waals surface area (Å²) in [6, 6.07) is 0. The Labute approximate surface area is 132 Å². The molecule has 0 aliphatic rings. The molecule has 0 aliphatic heterocycles. The van der Waals surface area contributed by atoms with Gasteiger partial charge >= 0.3 is 5.97 Å². The van der Waals surface area contributed by atoms with Crippen molar-refractivity contribution in [2.45, 2.75) is 97.8 Å². The number of aliphatic hydroxyl groups is 1. The van der Waals surface area contributed by atoms with Crippen LogP contribution in [0.4, 0.5) is 0 Å². The van der Waals surface area contributed by atoms with Crippen molar-refractivity contribution in [1.82, 2.24) is 0 Å². The zero-order valence-corrected chi connectivity index (χ0v) is 14.7. The van der Waals surface area contributed by atoms with Crippen molar-refractivity contribution in [2.75, 3.05) is 13.2 Å². The summed E-state index contributed by atoms with van der Waals surface area (Å²) in [5.41, 5.74) is 0. The van der Waals surface area contributed by atoms with Gasteiger partial charge in [-0.2, -0.15) is 0 Å². The van der Waals surface area contributed by atoms with E-state index in [4.69, 9.17) is 9.84 Å². The van der Waals surface area contributed by atoms with Gasteiger partial charge in [0.2, 0.25) is 0 Å². The van der Waals surface area contributed by atoms with Crippen LogP contribution in [0.5, 0.6) is 0 Å². The van der Waals surface area contributed by atoms with Crippen molar-refractivity contribution in [3.05, 3.63) is 0 Å². The molecular weight excluding hydrogens is 264 g/mol. The monoisotopic (exact) mass is 302 g/mol. The van der Waals surface area contributed by atoms with Gasteiger partial charge in [-0.05, 0) is 19.3 Å². The van der Waals surface area contributed by atoms with Crippen molar-refractivity contribution in [1.29, 1.82) is 0 Å². The van der Waals surface area contributed by atoms with E-state index in [1.165, 1.54) is 38.5 Å². The first-order chi connectivity index (χ1) is 10.2. The third-order valence-corrected chi connectivity index (χ3v) is 3.26. The van der Waals surface area contributed by atoms with E-state index >= 15 is 0 Å². The summed E-state index contributed by atoms with van der Waals surface area (Å²) in [4.78, 5) is 11.1. The van der Waals surface area contributed by atoms with Gasteiger partial charge in [0.05, 0.1) is 6.61 Å². The SMILES string of the molecule is CCCCCCO.CCCCCCOC(=O)CCCCC. The van der Waals surface area contributed by atoms with Crippen molar-refractivity contribution in [2.24, 2.45) is 0 Å². The van der Waals surface area contributed by atoms with Crippen LogP contribution in [-0.2, 0) is 9.53 Å². The number of carbonyl (C=O) groups is 1. The Kier molecular flexibility index (Phi) is 23.5. The highest BCUT2D eigenvalue weighted by molar-refractivity contribution is 5.69. The number of carbonyl (C=O) groups excluding carboxylic acids is 1. The van der Waals surface area contributed by atoms with Gasteiger partial charge < -0.3 is 9.84 Å². The van der Waals surface area contributed by atoms with Gasteiger partial charge in [0.15, 0.2) is 0 Å². The zero-order valence-electron chi connectivity index (χ0n) is 14.7. The average Bonchev–Trinajstić information content (AvgIpc) is 2.48. The largest absolute Gasteiger partial charge is 0.466 e. The Bertz CT molecular complexity index is 189. The number of rotatable bonds is 13. The second-order valence-electron chi connectivity index (χ2n) is 5.52. The van der Waals surface area contributed by atoms with E-state index < -0.39 is 0 Å². The molecule has 0 saturated carbocycles. The Morgan fingerprint density at radius 2 is 1.29 bits per heavy atom. The first kappa shape index (κ1) is 22.7. The molecule has 0 spiro atoms. The van der Waals surface area contributed by atoms with Crippen LogP contribution in [0.3, 0.4) is 0 Å². The lowest BCUT2D eigenvalue weighted by atomic mass is 10.2. The van der Waals surface area contributed by atoms with Gasteiger partial charge in [-0.15, -0.1) is 0 Å². The minimum Gasteiger partial charge on any atom is -0.466 e. The predicted octanol–water partition coefficient (Wildman–Crippen LogP) is 5.25. The summed E-state index contributed by atoms with van der Waals surface area (Å²) in [5.74, 6) is -0.0186. The fourth-order valence-corrected chi connectivity index (χ4v) is 1.84. The van der Waals surface area contributed by atoms with Gasteiger partial charge in [-0.1, -0.05) is 72.1 Å². The van der Waals surface area contributed by atoms with E-state index in [0.29, 0.717) is 19.6 Å². The lowest BCUT2D eigenvalue weighted by Gasteiger charge is -2.03. The molecule has 0 radical (unpaired) electrons. The highest BCUT2D eigenvalue weighted by Gasteiger charge is 2.01. The van der Waals surface area contributed by atoms with Crippen molar-refractivity contribution in [3.8, 4) is 0 Å². The molecule has 0 aromatic rings. The topological polar surface area (TPSA) is 46.5 Å². The molecule has 0 aromatic heterocycles. The van der Waals surface area contributed by atoms with Crippen LogP contribution in [-0.4, -0.2) is 24.3 Å². The fraction of sp³-hybridized carbons (Fsp3) is 0.944. The number of unbranched alkanes of at least 4 members (excludes halogenated alkanes) is 8. The summed E-state index contributed by atoms with van der Waals surface area (Å²) in [6.07, 6.45) is 13.2. The van der Waals surface area contributed by atoms with Crippen LogP contribution in [0.15, 0.2) is 0 Å². The molecule has 128 valence electrons. The van der Waals surface area contributed by atoms with E-state index in [2.05, 4.69) is 20.8 Å². The van der Waals surface area contributed by atoms with Crippen LogP contribution in [0, 0.1) is 0 Å². The standard InChI is InChI=1S/C12H24O2.C6H14O/c1-3-5-7-9-11-14-12(13)10-8-6-4-2;1-2-3-4-5-6-7/h3-11H2,1-2H3;7H,2-6H2,1H3. The molecule has 0 unspecified atom stereocenters. The van der Waals surface area contributed by atoms with Crippen LogP contribution in [0.2, 0.25) is 0 Å². The molecule has 0 heterocycles. The Morgan fingerprint density at radius 1 is 0.762 bits per heavy atom. The number of ether oxygens (including phenoxy) is 1. The molecule has 0 bridgehead atoms. The minimum absolute atomic E-state index is 0.0186. The summed E-state index contributed by atoms with van der Waals surface area (Å²) >= 11 is 0. The lowest BCUT2D eigenvalue weighted by Crippen LogP contribution is -2.05. The number of hydrogen-bond acceptors (Lipinski definition) is 3. The number of esters is 1. The molecule has 0 amide bonds. The molecule has 0 fully saturated rings. The lowest BCUT2D eigenvalue weighted by molar-refractivity contribution is -0.143. The Balaban J connectivity index is 0. The highest BCUT2D eigenvalue weighted by Crippen LogP contribution is 2.03. The van der Waals surface area contributed by atoms with Crippen molar-refractivity contribution in [3.63, 3.8) is 0 Å². The van der Waals surface area contributed by atoms with Crippen LogP contribution in [0.25, 0.3) is 0 Å². The number of aliphatic hydroxyl groups excluding tert-OH is 1. The molecule has 0 saturated heterocycles. The van der Waals surface area contributed by atoms with E-state index in [-0.39, 0.29) is 5.97 Å². The summed E-state index contributed by atoms with van der Waals surface area (Å²) in [6.45, 7) is 7.45. The van der Waals surface area contributed by atoms with Crippen LogP contribution in [0.1, 0.15) is 97.8 Å². The predicted molar refractivity (Wildman–Crippen MR) is 90.5 cm³/mol. The molecule has 0 atom stereocenters. The smallest absolute Gasteiger partial charge is 0.305 e. The zero-order chi connectivity index (χ0) is 16.2. The maximum absolute atomic E-state index is 11.1. The molecule has 3 nitrogen and oxygen atoms in total. The van der Waals surface area contributed by atoms with E-state index in [0.717, 1.165) is 32.1 Å². The average molecular weight is 302 g/mol. The second-order valence-corrected chi connectivity index (χ2v) is 5.52. The molecule has 1 N–H and O–H groups in total. The molecule has 0 rings (SSSR count). The van der Waals surface area contributed by atoms with Crippen molar-refractivity contribution < 1.29 is 14.6 Å². The highest BCUT2D eigenvalue weighted by atomic mass is 16.5. The summed E-state index contributed by atoms with van der Waals surface area (Å²) in [7, 11) is 0. The third kappa shape index (κ3) is 24.8. The molecule has 3 heteroatoms. The van der Waals surface area contributed by atoms with E-state index in [1.54, 1.807) is 0 Å². The Morgan fingerprint density at radius 3 is 1.81 bits per heavy atom. The normalized spacial score (nSPS) is 9.90. The maximum atomic E-state index is 11.1. The molecule has 0 aromatic carbocycles. The minimum atomic E-state index is -0.0186. The molecular formula is C18H38O3. The Hall–Kier alpha value is -0.570. The summed E-state index contributed by atoms with van der Waals surface area (Å²) in [5, 5.41) is 8.29. The first-order valence-corrected chi connectivity index (χ1v) is 8.99. The summed E-state index contributed by atoms with van der Waals surface area (Å²) < 4.78 is 5.10. The quantitative estimate of drug-likeness (QED) is 0.373. The van der Waals surface area contributed by atoms with Crippen molar-refractivity contribution >= 4 is 5.97 Å². The van der Waals surface area contributed by atoms with Gasteiger partial charge in [-0.3, -0.25) is 4.79 Å². The first-order valence-electron chi connectivity index (χ1n) is 8.99. The van der Waals surface area contributed by atoms with E-state index in [9.17, 15) is 4.79 Å². The van der Waals surface area contributed by atoms with Gasteiger partial charge in [0.1, 0.15) is 0 Å². The number of hydrogen-bond donors (Lipinski definition) is 1. The third-order valence-electron chi connectivity index (χ3n) is 3.26. The fourth-order valence-electron chi connectivity index (χ4n) is 1.84. The molecule has 21 heavy (non-hydrogen) atoms.